The molecule has 1 aromatic carbocycles. The lowest BCUT2D eigenvalue weighted by Gasteiger charge is -2.35. The van der Waals surface area contributed by atoms with Gasteiger partial charge in [0.25, 0.3) is 0 Å². The van der Waals surface area contributed by atoms with Gasteiger partial charge in [-0.1, -0.05) is 62.9 Å². The minimum atomic E-state index is 0.583. The van der Waals surface area contributed by atoms with Crippen molar-refractivity contribution in [2.24, 2.45) is 11.8 Å². The van der Waals surface area contributed by atoms with Crippen molar-refractivity contribution in [3.8, 4) is 0 Å². The smallest absolute Gasteiger partial charge is 0.0438 e. The highest BCUT2D eigenvalue weighted by Crippen LogP contribution is 2.34. The van der Waals surface area contributed by atoms with Crippen molar-refractivity contribution in [3.05, 3.63) is 34.9 Å². The van der Waals surface area contributed by atoms with Crippen molar-refractivity contribution in [2.45, 2.75) is 64.8 Å². The van der Waals surface area contributed by atoms with E-state index >= 15 is 0 Å². The van der Waals surface area contributed by atoms with Gasteiger partial charge in [0.05, 0.1) is 0 Å². The van der Waals surface area contributed by atoms with Crippen LogP contribution in [0.4, 0.5) is 0 Å². The molecule has 0 aliphatic heterocycles. The van der Waals surface area contributed by atoms with Crippen LogP contribution < -0.4 is 5.32 Å². The van der Waals surface area contributed by atoms with E-state index in [1.54, 1.807) is 0 Å². The van der Waals surface area contributed by atoms with Crippen molar-refractivity contribution >= 4 is 11.6 Å². The monoisotopic (exact) mass is 307 g/mol. The molecule has 3 atom stereocenters. The van der Waals surface area contributed by atoms with Crippen molar-refractivity contribution in [1.82, 2.24) is 5.32 Å². The lowest BCUT2D eigenvalue weighted by molar-refractivity contribution is 0.207. The van der Waals surface area contributed by atoms with Crippen LogP contribution in [0.3, 0.4) is 0 Å². The van der Waals surface area contributed by atoms with E-state index in [9.17, 15) is 0 Å². The summed E-state index contributed by atoms with van der Waals surface area (Å²) < 4.78 is 0. The molecule has 3 unspecified atom stereocenters. The fourth-order valence-corrected chi connectivity index (χ4v) is 3.92. The van der Waals surface area contributed by atoms with Crippen molar-refractivity contribution in [1.29, 1.82) is 0 Å². The van der Waals surface area contributed by atoms with E-state index in [2.05, 4.69) is 31.3 Å². The van der Waals surface area contributed by atoms with Gasteiger partial charge in [0.15, 0.2) is 0 Å². The highest BCUT2D eigenvalue weighted by Gasteiger charge is 2.27. The first-order valence-electron chi connectivity index (χ1n) is 8.71. The standard InChI is InChI=1S/C19H30ClN/c1-3-12-21-19(14-16-9-5-6-11-18(16)20)17-10-7-8-15(4-2)13-17/h5-6,9,11,15,17,19,21H,3-4,7-8,10,12-14H2,1-2H3. The number of benzene rings is 1. The summed E-state index contributed by atoms with van der Waals surface area (Å²) in [6.45, 7) is 5.70. The quantitative estimate of drug-likeness (QED) is 0.704. The van der Waals surface area contributed by atoms with Crippen LogP contribution in [0, 0.1) is 11.8 Å². The van der Waals surface area contributed by atoms with Crippen molar-refractivity contribution in [3.63, 3.8) is 0 Å². The zero-order chi connectivity index (χ0) is 15.1. The van der Waals surface area contributed by atoms with Crippen LogP contribution in [-0.4, -0.2) is 12.6 Å². The topological polar surface area (TPSA) is 12.0 Å². The van der Waals surface area contributed by atoms with Gasteiger partial charge in [-0.2, -0.15) is 0 Å². The minimum absolute atomic E-state index is 0.583. The molecule has 1 saturated carbocycles. The Hall–Kier alpha value is -0.530. The molecule has 118 valence electrons. The van der Waals surface area contributed by atoms with Gasteiger partial charge in [-0.25, -0.2) is 0 Å². The largest absolute Gasteiger partial charge is 0.313 e. The molecule has 1 aliphatic rings. The van der Waals surface area contributed by atoms with Crippen LogP contribution in [0.1, 0.15) is 57.9 Å². The first kappa shape index (κ1) is 16.8. The lowest BCUT2D eigenvalue weighted by Crippen LogP contribution is -2.40. The molecular weight excluding hydrogens is 278 g/mol. The molecule has 1 N–H and O–H groups in total. The summed E-state index contributed by atoms with van der Waals surface area (Å²) in [4.78, 5) is 0. The van der Waals surface area contributed by atoms with E-state index in [4.69, 9.17) is 11.6 Å². The fourth-order valence-electron chi connectivity index (χ4n) is 3.70. The Balaban J connectivity index is 2.05. The summed E-state index contributed by atoms with van der Waals surface area (Å²) in [5.41, 5.74) is 1.30. The molecule has 2 rings (SSSR count). The van der Waals surface area contributed by atoms with Crippen LogP contribution in [0.15, 0.2) is 24.3 Å². The number of hydrogen-bond acceptors (Lipinski definition) is 1. The van der Waals surface area contributed by atoms with E-state index in [1.165, 1.54) is 44.1 Å². The van der Waals surface area contributed by atoms with Crippen molar-refractivity contribution in [2.75, 3.05) is 6.54 Å². The molecule has 0 amide bonds. The molecule has 2 heteroatoms. The average molecular weight is 308 g/mol. The third kappa shape index (κ3) is 5.00. The van der Waals surface area contributed by atoms with Gasteiger partial charge >= 0.3 is 0 Å². The van der Waals surface area contributed by atoms with E-state index in [0.717, 1.165) is 29.8 Å². The summed E-state index contributed by atoms with van der Waals surface area (Å²) >= 11 is 6.37. The highest BCUT2D eigenvalue weighted by atomic mass is 35.5. The summed E-state index contributed by atoms with van der Waals surface area (Å²) in [6, 6.07) is 8.91. The number of halogens is 1. The summed E-state index contributed by atoms with van der Waals surface area (Å²) in [5.74, 6) is 1.74. The lowest BCUT2D eigenvalue weighted by atomic mass is 9.75. The molecular formula is C19H30ClN. The SMILES string of the molecule is CCCNC(Cc1ccccc1Cl)C1CCCC(CC)C1. The number of hydrogen-bond donors (Lipinski definition) is 1. The number of nitrogens with one attached hydrogen (secondary N) is 1. The molecule has 0 saturated heterocycles. The van der Waals surface area contributed by atoms with Crippen LogP contribution >= 0.6 is 11.6 Å². The van der Waals surface area contributed by atoms with Crippen molar-refractivity contribution < 1.29 is 0 Å². The molecule has 1 aliphatic carbocycles. The molecule has 0 heterocycles. The fraction of sp³-hybridized carbons (Fsp3) is 0.684. The third-order valence-corrected chi connectivity index (χ3v) is 5.39. The Morgan fingerprint density at radius 2 is 2.05 bits per heavy atom. The van der Waals surface area contributed by atoms with Gasteiger partial charge in [-0.05, 0) is 55.7 Å². The maximum Gasteiger partial charge on any atom is 0.0438 e. The average Bonchev–Trinajstić information content (AvgIpc) is 2.53. The predicted molar refractivity (Wildman–Crippen MR) is 93.0 cm³/mol. The summed E-state index contributed by atoms with van der Waals surface area (Å²) in [7, 11) is 0. The summed E-state index contributed by atoms with van der Waals surface area (Å²) in [5, 5.41) is 4.72. The normalized spacial score (nSPS) is 24.0. The molecule has 1 nitrogen and oxygen atoms in total. The highest BCUT2D eigenvalue weighted by molar-refractivity contribution is 6.31. The predicted octanol–water partition coefficient (Wildman–Crippen LogP) is 5.47. The molecule has 0 bridgehead atoms. The van der Waals surface area contributed by atoms with Crippen LogP contribution in [0.5, 0.6) is 0 Å². The maximum absolute atomic E-state index is 6.37. The van der Waals surface area contributed by atoms with E-state index in [-0.39, 0.29) is 0 Å². The second-order valence-electron chi connectivity index (χ2n) is 6.56. The van der Waals surface area contributed by atoms with Gasteiger partial charge in [-0.15, -0.1) is 0 Å². The first-order chi connectivity index (χ1) is 10.2. The Morgan fingerprint density at radius 3 is 2.76 bits per heavy atom. The van der Waals surface area contributed by atoms with Gasteiger partial charge in [-0.3, -0.25) is 0 Å². The van der Waals surface area contributed by atoms with Gasteiger partial charge in [0.1, 0.15) is 0 Å². The van der Waals surface area contributed by atoms with E-state index in [0.29, 0.717) is 6.04 Å². The second-order valence-corrected chi connectivity index (χ2v) is 6.96. The van der Waals surface area contributed by atoms with Gasteiger partial charge in [0, 0.05) is 11.1 Å². The molecule has 0 aromatic heterocycles. The zero-order valence-electron chi connectivity index (χ0n) is 13.6. The van der Waals surface area contributed by atoms with Crippen LogP contribution in [0.25, 0.3) is 0 Å². The molecule has 0 radical (unpaired) electrons. The summed E-state index contributed by atoms with van der Waals surface area (Å²) in [6.07, 6.45) is 9.20. The molecule has 1 fully saturated rings. The zero-order valence-corrected chi connectivity index (χ0v) is 14.3. The van der Waals surface area contributed by atoms with E-state index < -0.39 is 0 Å². The minimum Gasteiger partial charge on any atom is -0.313 e. The van der Waals surface area contributed by atoms with Gasteiger partial charge in [0.2, 0.25) is 0 Å². The third-order valence-electron chi connectivity index (χ3n) is 5.02. The van der Waals surface area contributed by atoms with E-state index in [1.807, 2.05) is 12.1 Å². The molecule has 0 spiro atoms. The Bertz CT molecular complexity index is 418. The van der Waals surface area contributed by atoms with Gasteiger partial charge < -0.3 is 5.32 Å². The molecule has 21 heavy (non-hydrogen) atoms. The van der Waals surface area contributed by atoms with Crippen LogP contribution in [-0.2, 0) is 6.42 Å². The first-order valence-corrected chi connectivity index (χ1v) is 9.09. The second kappa shape index (κ2) is 8.80. The molecule has 1 aromatic rings. The Kier molecular flexibility index (Phi) is 7.06. The maximum atomic E-state index is 6.37. The number of rotatable bonds is 7. The Morgan fingerprint density at radius 1 is 1.24 bits per heavy atom. The Labute approximate surface area is 135 Å². The van der Waals surface area contributed by atoms with Crippen LogP contribution in [0.2, 0.25) is 5.02 Å².